The largest absolute Gasteiger partial charge is 0.480 e. The number of carbonyl (C=O) groups is 3. The maximum absolute atomic E-state index is 13.0. The molecular formula is C26H30N2O4. The number of hydrogen-bond acceptors (Lipinski definition) is 4. The lowest BCUT2D eigenvalue weighted by atomic mass is 9.80. The Bertz CT molecular complexity index is 981. The van der Waals surface area contributed by atoms with E-state index in [1.54, 1.807) is 18.2 Å². The van der Waals surface area contributed by atoms with E-state index in [4.69, 9.17) is 5.11 Å². The van der Waals surface area contributed by atoms with Gasteiger partial charge in [-0.25, -0.2) is 0 Å². The van der Waals surface area contributed by atoms with E-state index in [9.17, 15) is 14.4 Å². The SMILES string of the molecule is O=C(O)CNC(=O)c1ccc2c(c1)CCC(CCN1CCC(c3ccccc3)CC1)C2=O. The first-order valence-corrected chi connectivity index (χ1v) is 11.5. The van der Waals surface area contributed by atoms with Crippen LogP contribution in [0.25, 0.3) is 0 Å². The van der Waals surface area contributed by atoms with Crippen molar-refractivity contribution in [2.24, 2.45) is 5.92 Å². The number of nitrogens with zero attached hydrogens (tertiary/aromatic N) is 1. The summed E-state index contributed by atoms with van der Waals surface area (Å²) in [5.74, 6) is -0.677. The number of Topliss-reactive ketones (excluding diaryl/α,β-unsaturated/α-hetero) is 1. The number of aliphatic carboxylic acids is 1. The van der Waals surface area contributed by atoms with Gasteiger partial charge >= 0.3 is 5.97 Å². The van der Waals surface area contributed by atoms with E-state index < -0.39 is 18.4 Å². The number of rotatable bonds is 7. The van der Waals surface area contributed by atoms with E-state index in [0.717, 1.165) is 57.3 Å². The molecule has 2 aromatic rings. The number of piperidine rings is 1. The predicted octanol–water partition coefficient (Wildman–Crippen LogP) is 3.52. The van der Waals surface area contributed by atoms with Crippen LogP contribution < -0.4 is 5.32 Å². The van der Waals surface area contributed by atoms with Crippen molar-refractivity contribution in [3.8, 4) is 0 Å². The highest BCUT2D eigenvalue weighted by Crippen LogP contribution is 2.31. The molecule has 1 amide bonds. The van der Waals surface area contributed by atoms with Gasteiger partial charge in [0.2, 0.25) is 0 Å². The highest BCUT2D eigenvalue weighted by atomic mass is 16.4. The molecule has 0 bridgehead atoms. The van der Waals surface area contributed by atoms with Gasteiger partial charge in [-0.2, -0.15) is 0 Å². The number of carboxylic acids is 1. The Hall–Kier alpha value is -2.99. The van der Waals surface area contributed by atoms with Crippen LogP contribution in [0.4, 0.5) is 0 Å². The Balaban J connectivity index is 1.29. The molecule has 0 radical (unpaired) electrons. The molecule has 1 atom stereocenters. The van der Waals surface area contributed by atoms with Gasteiger partial charge in [-0.15, -0.1) is 0 Å². The Labute approximate surface area is 188 Å². The topological polar surface area (TPSA) is 86.7 Å². The summed E-state index contributed by atoms with van der Waals surface area (Å²) >= 11 is 0. The summed E-state index contributed by atoms with van der Waals surface area (Å²) in [6, 6.07) is 15.8. The number of carbonyl (C=O) groups excluding carboxylic acids is 2. The van der Waals surface area contributed by atoms with Crippen LogP contribution in [0.5, 0.6) is 0 Å². The first kappa shape index (κ1) is 22.2. The summed E-state index contributed by atoms with van der Waals surface area (Å²) in [4.78, 5) is 38.3. The molecule has 2 N–H and O–H groups in total. The third kappa shape index (κ3) is 5.25. The smallest absolute Gasteiger partial charge is 0.322 e. The van der Waals surface area contributed by atoms with Crippen molar-refractivity contribution >= 4 is 17.7 Å². The van der Waals surface area contributed by atoms with Gasteiger partial charge in [0.15, 0.2) is 5.78 Å². The lowest BCUT2D eigenvalue weighted by Gasteiger charge is -2.33. The van der Waals surface area contributed by atoms with Crippen LogP contribution in [-0.2, 0) is 11.2 Å². The second-order valence-electron chi connectivity index (χ2n) is 8.86. The van der Waals surface area contributed by atoms with Crippen LogP contribution in [0.15, 0.2) is 48.5 Å². The minimum absolute atomic E-state index is 0.0287. The Morgan fingerprint density at radius 1 is 1.03 bits per heavy atom. The lowest BCUT2D eigenvalue weighted by molar-refractivity contribution is -0.135. The summed E-state index contributed by atoms with van der Waals surface area (Å²) in [5.41, 5.74) is 3.43. The average Bonchev–Trinajstić information content (AvgIpc) is 2.83. The quantitative estimate of drug-likeness (QED) is 0.696. The van der Waals surface area contributed by atoms with Crippen LogP contribution in [0.2, 0.25) is 0 Å². The highest BCUT2D eigenvalue weighted by Gasteiger charge is 2.29. The monoisotopic (exact) mass is 434 g/mol. The lowest BCUT2D eigenvalue weighted by Crippen LogP contribution is -2.36. The molecular weight excluding hydrogens is 404 g/mol. The van der Waals surface area contributed by atoms with Gasteiger partial charge in [0.25, 0.3) is 5.91 Å². The molecule has 2 aromatic carbocycles. The van der Waals surface area contributed by atoms with Crippen molar-refractivity contribution in [1.29, 1.82) is 0 Å². The molecule has 6 heteroatoms. The zero-order valence-corrected chi connectivity index (χ0v) is 18.3. The van der Waals surface area contributed by atoms with Gasteiger partial charge in [-0.1, -0.05) is 36.4 Å². The van der Waals surface area contributed by atoms with E-state index in [1.165, 1.54) is 5.56 Å². The molecule has 0 saturated carbocycles. The van der Waals surface area contributed by atoms with Gasteiger partial charge in [-0.3, -0.25) is 14.4 Å². The molecule has 1 aliphatic carbocycles. The van der Waals surface area contributed by atoms with Crippen LogP contribution in [0, 0.1) is 5.92 Å². The fraction of sp³-hybridized carbons (Fsp3) is 0.423. The normalized spacial score (nSPS) is 19.4. The molecule has 6 nitrogen and oxygen atoms in total. The molecule has 1 heterocycles. The van der Waals surface area contributed by atoms with Crippen LogP contribution in [0.3, 0.4) is 0 Å². The van der Waals surface area contributed by atoms with Gasteiger partial charge in [-0.05, 0) is 80.9 Å². The molecule has 0 aromatic heterocycles. The fourth-order valence-electron chi connectivity index (χ4n) is 4.95. The summed E-state index contributed by atoms with van der Waals surface area (Å²) in [6.45, 7) is 2.68. The predicted molar refractivity (Wildman–Crippen MR) is 122 cm³/mol. The van der Waals surface area contributed by atoms with E-state index in [1.807, 2.05) is 0 Å². The number of likely N-dealkylation sites (tertiary alicyclic amines) is 1. The van der Waals surface area contributed by atoms with Gasteiger partial charge < -0.3 is 15.3 Å². The molecule has 4 rings (SSSR count). The van der Waals surface area contributed by atoms with Crippen molar-refractivity contribution < 1.29 is 19.5 Å². The number of ketones is 1. The van der Waals surface area contributed by atoms with Crippen LogP contribution in [0.1, 0.15) is 63.4 Å². The second-order valence-corrected chi connectivity index (χ2v) is 8.86. The number of fused-ring (bicyclic) bond motifs is 1. The second kappa shape index (κ2) is 10.1. The van der Waals surface area contributed by atoms with Crippen LogP contribution >= 0.6 is 0 Å². The molecule has 1 saturated heterocycles. The number of aryl methyl sites for hydroxylation is 1. The van der Waals surface area contributed by atoms with E-state index >= 15 is 0 Å². The molecule has 32 heavy (non-hydrogen) atoms. The maximum Gasteiger partial charge on any atom is 0.322 e. The zero-order chi connectivity index (χ0) is 22.5. The van der Waals surface area contributed by atoms with Gasteiger partial charge in [0, 0.05) is 17.0 Å². The summed E-state index contributed by atoms with van der Waals surface area (Å²) < 4.78 is 0. The average molecular weight is 435 g/mol. The van der Waals surface area contributed by atoms with E-state index in [-0.39, 0.29) is 11.7 Å². The van der Waals surface area contributed by atoms with Crippen molar-refractivity contribution in [1.82, 2.24) is 10.2 Å². The Morgan fingerprint density at radius 2 is 1.78 bits per heavy atom. The van der Waals surface area contributed by atoms with Gasteiger partial charge in [0.05, 0.1) is 0 Å². The number of benzene rings is 2. The van der Waals surface area contributed by atoms with Crippen molar-refractivity contribution in [2.45, 2.75) is 38.0 Å². The first-order valence-electron chi connectivity index (χ1n) is 11.5. The minimum Gasteiger partial charge on any atom is -0.480 e. The van der Waals surface area contributed by atoms with Gasteiger partial charge in [0.1, 0.15) is 6.54 Å². The van der Waals surface area contributed by atoms with E-state index in [0.29, 0.717) is 17.0 Å². The summed E-state index contributed by atoms with van der Waals surface area (Å²) in [7, 11) is 0. The highest BCUT2D eigenvalue weighted by molar-refractivity contribution is 6.02. The molecule has 1 fully saturated rings. The van der Waals surface area contributed by atoms with Crippen molar-refractivity contribution in [3.63, 3.8) is 0 Å². The van der Waals surface area contributed by atoms with Crippen LogP contribution in [-0.4, -0.2) is 53.8 Å². The molecule has 0 spiro atoms. The number of hydrogen-bond donors (Lipinski definition) is 2. The zero-order valence-electron chi connectivity index (χ0n) is 18.3. The minimum atomic E-state index is -1.08. The van der Waals surface area contributed by atoms with Crippen molar-refractivity contribution in [2.75, 3.05) is 26.2 Å². The number of carboxylic acid groups (broad SMARTS) is 1. The molecule has 2 aliphatic rings. The standard InChI is InChI=1S/C26H30N2O4/c29-24(30)17-27-26(32)22-8-9-23-21(16-22)7-6-20(25(23)31)12-15-28-13-10-19(11-14-28)18-4-2-1-3-5-18/h1-5,8-9,16,19-20H,6-7,10-15,17H2,(H,27,32)(H,29,30). The third-order valence-electron chi connectivity index (χ3n) is 6.82. The molecule has 1 unspecified atom stereocenters. The molecule has 168 valence electrons. The Morgan fingerprint density at radius 3 is 2.50 bits per heavy atom. The molecule has 1 aliphatic heterocycles. The van der Waals surface area contributed by atoms with E-state index in [2.05, 4.69) is 40.5 Å². The Kier molecular flexibility index (Phi) is 7.00. The summed E-state index contributed by atoms with van der Waals surface area (Å²) in [6.07, 6.45) is 4.76. The fourth-order valence-corrected chi connectivity index (χ4v) is 4.95. The maximum atomic E-state index is 13.0. The number of nitrogens with one attached hydrogen (secondary N) is 1. The first-order chi connectivity index (χ1) is 15.5. The van der Waals surface area contributed by atoms with Crippen molar-refractivity contribution in [3.05, 3.63) is 70.8 Å². The third-order valence-corrected chi connectivity index (χ3v) is 6.82. The number of amides is 1. The summed E-state index contributed by atoms with van der Waals surface area (Å²) in [5, 5.41) is 11.1.